The molecule has 2 atom stereocenters. The lowest BCUT2D eigenvalue weighted by Crippen LogP contribution is -2.46. The van der Waals surface area contributed by atoms with Crippen LogP contribution in [0, 0.1) is 23.2 Å². The summed E-state index contributed by atoms with van der Waals surface area (Å²) < 4.78 is 6.28. The van der Waals surface area contributed by atoms with E-state index in [0.717, 1.165) is 36.5 Å². The Balaban J connectivity index is 1.01. The lowest BCUT2D eigenvalue weighted by atomic mass is 9.49. The second-order valence-corrected chi connectivity index (χ2v) is 12.5. The van der Waals surface area contributed by atoms with E-state index in [2.05, 4.69) is 41.5 Å². The first-order valence-corrected chi connectivity index (χ1v) is 14.3. The second kappa shape index (κ2) is 10.4. The highest BCUT2D eigenvalue weighted by molar-refractivity contribution is 5.87. The molecule has 0 amide bonds. The SMILES string of the molecule is C[C@H](Cc1cccc(OCCC23CC4CC(CC(C4)C2)C3)c1)NC[C@H](O)c1ccc(O)c2[nH]c(=O)ccc12. The summed E-state index contributed by atoms with van der Waals surface area (Å²) in [5, 5.41) is 25.0. The molecule has 1 aromatic heterocycles. The third-order valence-electron chi connectivity index (χ3n) is 9.43. The largest absolute Gasteiger partial charge is 0.506 e. The minimum atomic E-state index is -0.772. The summed E-state index contributed by atoms with van der Waals surface area (Å²) in [6.07, 6.45) is 9.97. The minimum absolute atomic E-state index is 0.00462. The highest BCUT2D eigenvalue weighted by atomic mass is 16.5. The first-order valence-electron chi connectivity index (χ1n) is 14.3. The molecule has 0 saturated heterocycles. The number of aliphatic hydroxyl groups is 1. The number of nitrogens with one attached hydrogen (secondary N) is 2. The molecule has 0 aliphatic heterocycles. The molecule has 6 heteroatoms. The van der Waals surface area contributed by atoms with Crippen LogP contribution >= 0.6 is 0 Å². The summed E-state index contributed by atoms with van der Waals surface area (Å²) in [4.78, 5) is 14.3. The van der Waals surface area contributed by atoms with E-state index < -0.39 is 6.10 Å². The average Bonchev–Trinajstić information content (AvgIpc) is 2.87. The van der Waals surface area contributed by atoms with Gasteiger partial charge in [-0.15, -0.1) is 0 Å². The van der Waals surface area contributed by atoms with Gasteiger partial charge in [-0.3, -0.25) is 4.79 Å². The Morgan fingerprint density at radius 2 is 1.79 bits per heavy atom. The highest BCUT2D eigenvalue weighted by Gasteiger charge is 2.50. The van der Waals surface area contributed by atoms with Gasteiger partial charge < -0.3 is 25.3 Å². The molecular weight excluding hydrogens is 476 g/mol. The quantitative estimate of drug-likeness (QED) is 0.287. The number of rotatable bonds is 10. The lowest BCUT2D eigenvalue weighted by Gasteiger charge is -2.57. The Morgan fingerprint density at radius 1 is 1.05 bits per heavy atom. The number of pyridine rings is 1. The van der Waals surface area contributed by atoms with Gasteiger partial charge in [0.25, 0.3) is 0 Å². The van der Waals surface area contributed by atoms with E-state index >= 15 is 0 Å². The van der Waals surface area contributed by atoms with Crippen LogP contribution in [0.5, 0.6) is 11.5 Å². The number of ether oxygens (including phenoxy) is 1. The zero-order valence-electron chi connectivity index (χ0n) is 22.3. The number of phenolic OH excluding ortho intramolecular Hbond substituents is 1. The van der Waals surface area contributed by atoms with Crippen molar-refractivity contribution < 1.29 is 14.9 Å². The zero-order chi connectivity index (χ0) is 26.3. The molecule has 2 aromatic carbocycles. The van der Waals surface area contributed by atoms with Gasteiger partial charge in [-0.05, 0) is 117 Å². The van der Waals surface area contributed by atoms with Crippen molar-refractivity contribution in [3.8, 4) is 11.5 Å². The fourth-order valence-corrected chi connectivity index (χ4v) is 8.14. The predicted octanol–water partition coefficient (Wildman–Crippen LogP) is 5.47. The molecule has 4 aliphatic carbocycles. The van der Waals surface area contributed by atoms with Crippen LogP contribution in [0.25, 0.3) is 10.9 Å². The summed E-state index contributed by atoms with van der Waals surface area (Å²) in [6.45, 7) is 3.28. The van der Waals surface area contributed by atoms with Crippen molar-refractivity contribution in [2.75, 3.05) is 13.2 Å². The maximum atomic E-state index is 11.7. The van der Waals surface area contributed by atoms with E-state index in [0.29, 0.717) is 28.4 Å². The van der Waals surface area contributed by atoms with Crippen molar-refractivity contribution in [1.82, 2.24) is 10.3 Å². The van der Waals surface area contributed by atoms with Gasteiger partial charge >= 0.3 is 0 Å². The van der Waals surface area contributed by atoms with E-state index in [1.165, 1.54) is 62.6 Å². The fourth-order valence-electron chi connectivity index (χ4n) is 8.14. The number of H-pyrrole nitrogens is 1. The molecule has 3 aromatic rings. The van der Waals surface area contributed by atoms with Gasteiger partial charge in [0.2, 0.25) is 5.56 Å². The molecule has 7 rings (SSSR count). The minimum Gasteiger partial charge on any atom is -0.506 e. The molecular formula is C32H40N2O4. The number of hydrogen-bond donors (Lipinski definition) is 4. The van der Waals surface area contributed by atoms with Crippen molar-refractivity contribution in [3.05, 3.63) is 70.0 Å². The van der Waals surface area contributed by atoms with Crippen molar-refractivity contribution in [2.45, 2.75) is 70.4 Å². The predicted molar refractivity (Wildman–Crippen MR) is 150 cm³/mol. The smallest absolute Gasteiger partial charge is 0.248 e. The molecule has 6 nitrogen and oxygen atoms in total. The number of fused-ring (bicyclic) bond motifs is 1. The van der Waals surface area contributed by atoms with Crippen molar-refractivity contribution in [2.24, 2.45) is 23.2 Å². The molecule has 0 unspecified atom stereocenters. The van der Waals surface area contributed by atoms with Crippen molar-refractivity contribution in [3.63, 3.8) is 0 Å². The standard InChI is InChI=1S/C32H40N2O4/c1-20(33-19-29(36)26-5-7-28(35)31-27(26)6-8-30(37)34-31)11-21-3-2-4-25(15-21)38-10-9-32-16-22-12-23(17-32)14-24(13-22)18-32/h2-8,15,20,22-24,29,33,35-36H,9-14,16-19H2,1H3,(H,34,37)/t20-,22?,23?,24?,29+,32?/m1/s1. The van der Waals surface area contributed by atoms with Crippen molar-refractivity contribution >= 4 is 10.9 Å². The first-order chi connectivity index (χ1) is 18.4. The van der Waals surface area contributed by atoms with Crippen molar-refractivity contribution in [1.29, 1.82) is 0 Å². The van der Waals surface area contributed by atoms with Gasteiger partial charge in [0.05, 0.1) is 18.2 Å². The average molecular weight is 517 g/mol. The summed E-state index contributed by atoms with van der Waals surface area (Å²) in [7, 11) is 0. The van der Waals surface area contributed by atoms with Gasteiger partial charge in [-0.25, -0.2) is 0 Å². The van der Waals surface area contributed by atoms with E-state index in [1.54, 1.807) is 12.1 Å². The molecule has 1 heterocycles. The monoisotopic (exact) mass is 516 g/mol. The number of aromatic hydroxyl groups is 1. The Morgan fingerprint density at radius 3 is 2.53 bits per heavy atom. The number of aliphatic hydroxyl groups excluding tert-OH is 1. The van der Waals surface area contributed by atoms with Gasteiger partial charge in [0.1, 0.15) is 11.5 Å². The third kappa shape index (κ3) is 5.34. The van der Waals surface area contributed by atoms with Crippen LogP contribution in [0.15, 0.2) is 53.3 Å². The van der Waals surface area contributed by atoms with Crippen LogP contribution in [0.1, 0.15) is 69.1 Å². The molecule has 4 aliphatic rings. The van der Waals surface area contributed by atoms with E-state index in [1.807, 2.05) is 0 Å². The van der Waals surface area contributed by atoms with Gasteiger partial charge in [0.15, 0.2) is 0 Å². The maximum absolute atomic E-state index is 11.7. The molecule has 0 spiro atoms. The first kappa shape index (κ1) is 25.4. The topological polar surface area (TPSA) is 94.6 Å². The van der Waals surface area contributed by atoms with E-state index in [9.17, 15) is 15.0 Å². The summed E-state index contributed by atoms with van der Waals surface area (Å²) in [5.41, 5.74) is 2.49. The van der Waals surface area contributed by atoms with E-state index in [4.69, 9.17) is 4.74 Å². The Kier molecular flexibility index (Phi) is 6.95. The van der Waals surface area contributed by atoms with Crippen LogP contribution < -0.4 is 15.6 Å². The molecule has 4 N–H and O–H groups in total. The van der Waals surface area contributed by atoms with Gasteiger partial charge in [-0.2, -0.15) is 0 Å². The summed E-state index contributed by atoms with van der Waals surface area (Å²) in [6, 6.07) is 14.8. The number of benzene rings is 2. The molecule has 38 heavy (non-hydrogen) atoms. The number of aromatic amines is 1. The number of aromatic nitrogens is 1. The van der Waals surface area contributed by atoms with Crippen LogP contribution in [0.3, 0.4) is 0 Å². The van der Waals surface area contributed by atoms with Crippen LogP contribution in [-0.4, -0.2) is 34.4 Å². The Bertz CT molecular complexity index is 1310. The summed E-state index contributed by atoms with van der Waals surface area (Å²) >= 11 is 0. The van der Waals surface area contributed by atoms with Crippen LogP contribution in [0.4, 0.5) is 0 Å². The third-order valence-corrected chi connectivity index (χ3v) is 9.43. The lowest BCUT2D eigenvalue weighted by molar-refractivity contribution is -0.0622. The molecule has 4 bridgehead atoms. The Labute approximate surface area is 224 Å². The van der Waals surface area contributed by atoms with Crippen LogP contribution in [-0.2, 0) is 6.42 Å². The van der Waals surface area contributed by atoms with Crippen LogP contribution in [0.2, 0.25) is 0 Å². The fraction of sp³-hybridized carbons (Fsp3) is 0.531. The van der Waals surface area contributed by atoms with Gasteiger partial charge in [-0.1, -0.05) is 18.2 Å². The molecule has 0 radical (unpaired) electrons. The number of phenols is 1. The maximum Gasteiger partial charge on any atom is 0.248 e. The Hall–Kier alpha value is -2.83. The number of hydrogen-bond acceptors (Lipinski definition) is 5. The molecule has 4 fully saturated rings. The van der Waals surface area contributed by atoms with E-state index in [-0.39, 0.29) is 17.4 Å². The summed E-state index contributed by atoms with van der Waals surface area (Å²) in [5.74, 6) is 3.88. The molecule has 202 valence electrons. The zero-order valence-corrected chi connectivity index (χ0v) is 22.3. The highest BCUT2D eigenvalue weighted by Crippen LogP contribution is 2.61. The normalized spacial score (nSPS) is 27.5. The van der Waals surface area contributed by atoms with Gasteiger partial charge in [0, 0.05) is 24.0 Å². The molecule has 4 saturated carbocycles. The second-order valence-electron chi connectivity index (χ2n) is 12.5.